The van der Waals surface area contributed by atoms with Crippen molar-refractivity contribution in [2.24, 2.45) is 16.7 Å². The fraction of sp³-hybridized carbons (Fsp3) is 0.409. The van der Waals surface area contributed by atoms with Gasteiger partial charge < -0.3 is 9.52 Å². The molecule has 1 saturated carbocycles. The first-order chi connectivity index (χ1) is 11.8. The van der Waals surface area contributed by atoms with Crippen LogP contribution >= 0.6 is 0 Å². The zero-order valence-electron chi connectivity index (χ0n) is 15.4. The Balaban J connectivity index is 1.81. The summed E-state index contributed by atoms with van der Waals surface area (Å²) in [6, 6.07) is 12.1. The lowest BCUT2D eigenvalue weighted by Crippen LogP contribution is -2.24. The maximum absolute atomic E-state index is 12.1. The first-order valence-electron chi connectivity index (χ1n) is 8.76. The second kappa shape index (κ2) is 6.21. The molecule has 1 aliphatic carbocycles. The summed E-state index contributed by atoms with van der Waals surface area (Å²) in [4.78, 5) is 12.1. The van der Waals surface area contributed by atoms with E-state index in [1.165, 1.54) is 5.56 Å². The van der Waals surface area contributed by atoms with Gasteiger partial charge in [0, 0.05) is 12.3 Å². The molecular weight excluding hydrogens is 312 g/mol. The van der Waals surface area contributed by atoms with E-state index in [4.69, 9.17) is 4.42 Å². The molecule has 25 heavy (non-hydrogen) atoms. The van der Waals surface area contributed by atoms with Crippen LogP contribution in [0.5, 0.6) is 0 Å². The molecule has 1 aliphatic rings. The molecule has 1 aromatic heterocycles. The number of hydrogen-bond donors (Lipinski definition) is 1. The van der Waals surface area contributed by atoms with Crippen molar-refractivity contribution >= 4 is 5.97 Å². The summed E-state index contributed by atoms with van der Waals surface area (Å²) in [7, 11) is 0. The van der Waals surface area contributed by atoms with Gasteiger partial charge in [0.1, 0.15) is 5.76 Å². The Bertz CT molecular complexity index is 794. The second-order valence-electron chi connectivity index (χ2n) is 7.98. The fourth-order valence-corrected chi connectivity index (χ4v) is 4.13. The van der Waals surface area contributed by atoms with E-state index in [0.29, 0.717) is 6.42 Å². The van der Waals surface area contributed by atoms with Gasteiger partial charge >= 0.3 is 5.97 Å². The van der Waals surface area contributed by atoms with Gasteiger partial charge in [-0.25, -0.2) is 0 Å². The van der Waals surface area contributed by atoms with Gasteiger partial charge in [0.05, 0.1) is 11.7 Å². The van der Waals surface area contributed by atoms with Gasteiger partial charge in [0.15, 0.2) is 0 Å². The molecule has 3 nitrogen and oxygen atoms in total. The van der Waals surface area contributed by atoms with Crippen LogP contribution in [0, 0.1) is 16.7 Å². The van der Waals surface area contributed by atoms with Crippen LogP contribution in [-0.4, -0.2) is 11.1 Å². The van der Waals surface area contributed by atoms with Crippen LogP contribution < -0.4 is 0 Å². The Kier molecular flexibility index (Phi) is 4.36. The van der Waals surface area contributed by atoms with Gasteiger partial charge in [-0.3, -0.25) is 4.79 Å². The fourth-order valence-electron chi connectivity index (χ4n) is 4.13. The van der Waals surface area contributed by atoms with Crippen LogP contribution in [0.25, 0.3) is 0 Å². The number of allylic oxidation sites excluding steroid dienone is 2. The summed E-state index contributed by atoms with van der Waals surface area (Å²) in [5.74, 6) is 0.208. The van der Waals surface area contributed by atoms with Crippen molar-refractivity contribution in [3.05, 3.63) is 71.2 Å². The number of hydrogen-bond acceptors (Lipinski definition) is 2. The van der Waals surface area contributed by atoms with Crippen molar-refractivity contribution in [2.45, 2.75) is 40.5 Å². The van der Waals surface area contributed by atoms with Crippen molar-refractivity contribution < 1.29 is 14.3 Å². The number of rotatable bonds is 6. The molecule has 0 saturated heterocycles. The lowest BCUT2D eigenvalue weighted by molar-refractivity contribution is -0.145. The topological polar surface area (TPSA) is 50.4 Å². The SMILES string of the molecule is CC(C)=C[C@@H]1C(C)(C)[C@@]1(Cc1coc(Cc2ccccc2)c1)C(=O)O. The molecule has 0 bridgehead atoms. The summed E-state index contributed by atoms with van der Waals surface area (Å²) in [5, 5.41) is 9.97. The predicted molar refractivity (Wildman–Crippen MR) is 98.4 cm³/mol. The van der Waals surface area contributed by atoms with Crippen LogP contribution in [0.4, 0.5) is 0 Å². The highest BCUT2D eigenvalue weighted by atomic mass is 16.4. The molecule has 0 amide bonds. The van der Waals surface area contributed by atoms with Gasteiger partial charge in [-0.05, 0) is 42.9 Å². The molecule has 1 heterocycles. The maximum atomic E-state index is 12.1. The minimum atomic E-state index is -0.752. The van der Waals surface area contributed by atoms with Crippen LogP contribution in [0.2, 0.25) is 0 Å². The summed E-state index contributed by atoms with van der Waals surface area (Å²) in [6.45, 7) is 8.15. The highest BCUT2D eigenvalue weighted by Crippen LogP contribution is 2.71. The van der Waals surface area contributed by atoms with E-state index < -0.39 is 11.4 Å². The summed E-state index contributed by atoms with van der Waals surface area (Å²) >= 11 is 0. The molecule has 2 aromatic rings. The zero-order valence-corrected chi connectivity index (χ0v) is 15.4. The molecule has 0 aliphatic heterocycles. The molecule has 132 valence electrons. The monoisotopic (exact) mass is 338 g/mol. The second-order valence-corrected chi connectivity index (χ2v) is 7.98. The van der Waals surface area contributed by atoms with Gasteiger partial charge in [0.2, 0.25) is 0 Å². The Hall–Kier alpha value is -2.29. The smallest absolute Gasteiger partial charge is 0.311 e. The Morgan fingerprint density at radius 3 is 2.48 bits per heavy atom. The predicted octanol–water partition coefficient (Wildman–Crippen LogP) is 5.11. The van der Waals surface area contributed by atoms with Crippen molar-refractivity contribution in [3.63, 3.8) is 0 Å². The lowest BCUT2D eigenvalue weighted by atomic mass is 9.89. The molecule has 1 aromatic carbocycles. The van der Waals surface area contributed by atoms with Crippen LogP contribution in [-0.2, 0) is 17.6 Å². The van der Waals surface area contributed by atoms with Gasteiger partial charge in [-0.15, -0.1) is 0 Å². The van der Waals surface area contributed by atoms with Crippen molar-refractivity contribution in [2.75, 3.05) is 0 Å². The molecular formula is C22H26O3. The molecule has 3 rings (SSSR count). The van der Waals surface area contributed by atoms with Gasteiger partial charge in [0.25, 0.3) is 0 Å². The van der Waals surface area contributed by atoms with E-state index in [1.807, 2.05) is 38.1 Å². The number of benzene rings is 1. The first-order valence-corrected chi connectivity index (χ1v) is 8.76. The van der Waals surface area contributed by atoms with Crippen LogP contribution in [0.1, 0.15) is 44.6 Å². The molecule has 1 fully saturated rings. The Morgan fingerprint density at radius 2 is 1.88 bits per heavy atom. The van der Waals surface area contributed by atoms with E-state index in [1.54, 1.807) is 6.26 Å². The number of carbonyl (C=O) groups is 1. The molecule has 3 heteroatoms. The maximum Gasteiger partial charge on any atom is 0.311 e. The zero-order chi connectivity index (χ0) is 18.2. The van der Waals surface area contributed by atoms with E-state index in [2.05, 4.69) is 32.1 Å². The highest BCUT2D eigenvalue weighted by molar-refractivity contribution is 5.82. The minimum Gasteiger partial charge on any atom is -0.481 e. The summed E-state index contributed by atoms with van der Waals surface area (Å²) in [5.41, 5.74) is 2.31. The summed E-state index contributed by atoms with van der Waals surface area (Å²) in [6.07, 6.45) is 5.06. The quantitative estimate of drug-likeness (QED) is 0.745. The standard InChI is InChI=1S/C22H26O3/c1-15(2)10-19-21(3,4)22(19,20(23)24)13-17-12-18(25-14-17)11-16-8-6-5-7-9-16/h5-10,12,14,19H,11,13H2,1-4H3,(H,23,24)/t19-,22-/m1/s1. The number of furan rings is 1. The number of carboxylic acid groups (broad SMARTS) is 1. The molecule has 0 radical (unpaired) electrons. The average Bonchev–Trinajstić information content (AvgIpc) is 2.85. The van der Waals surface area contributed by atoms with Crippen molar-refractivity contribution in [1.82, 2.24) is 0 Å². The van der Waals surface area contributed by atoms with Crippen LogP contribution in [0.15, 0.2) is 58.7 Å². The Labute approximate surface area is 149 Å². The molecule has 2 atom stereocenters. The molecule has 1 N–H and O–H groups in total. The van der Waals surface area contributed by atoms with Crippen molar-refractivity contribution in [1.29, 1.82) is 0 Å². The van der Waals surface area contributed by atoms with E-state index in [0.717, 1.165) is 23.3 Å². The Morgan fingerprint density at radius 1 is 1.20 bits per heavy atom. The third-order valence-corrected chi connectivity index (χ3v) is 5.67. The third-order valence-electron chi connectivity index (χ3n) is 5.67. The lowest BCUT2D eigenvalue weighted by Gasteiger charge is -2.14. The number of aliphatic carboxylic acids is 1. The summed E-state index contributed by atoms with van der Waals surface area (Å²) < 4.78 is 5.70. The molecule has 0 unspecified atom stereocenters. The largest absolute Gasteiger partial charge is 0.481 e. The van der Waals surface area contributed by atoms with E-state index >= 15 is 0 Å². The average molecular weight is 338 g/mol. The van der Waals surface area contributed by atoms with E-state index in [9.17, 15) is 9.90 Å². The number of carboxylic acids is 1. The van der Waals surface area contributed by atoms with E-state index in [-0.39, 0.29) is 11.3 Å². The minimum absolute atomic E-state index is 0.0509. The normalized spacial score (nSPS) is 23.9. The van der Waals surface area contributed by atoms with Gasteiger partial charge in [-0.2, -0.15) is 0 Å². The third kappa shape index (κ3) is 3.04. The first kappa shape index (κ1) is 17.5. The van der Waals surface area contributed by atoms with Crippen LogP contribution in [0.3, 0.4) is 0 Å². The van der Waals surface area contributed by atoms with Gasteiger partial charge in [-0.1, -0.05) is 55.8 Å². The molecule has 0 spiro atoms. The van der Waals surface area contributed by atoms with Crippen molar-refractivity contribution in [3.8, 4) is 0 Å². The highest BCUT2D eigenvalue weighted by Gasteiger charge is 2.74.